The van der Waals surface area contributed by atoms with E-state index in [2.05, 4.69) is 4.18 Å². The Morgan fingerprint density at radius 3 is 2.08 bits per heavy atom. The molecule has 0 aromatic rings. The van der Waals surface area contributed by atoms with Gasteiger partial charge in [0.05, 0.1) is 0 Å². The van der Waals surface area contributed by atoms with Crippen molar-refractivity contribution in [2.45, 2.75) is 58.2 Å². The molecule has 9 N–H and O–H groups in total. The maximum atomic E-state index is 11.0. The normalized spacial score (nSPS) is 32.8. The van der Waals surface area contributed by atoms with E-state index in [-0.39, 0.29) is 10.6 Å². The van der Waals surface area contributed by atoms with E-state index in [0.717, 1.165) is 0 Å². The van der Waals surface area contributed by atoms with Gasteiger partial charge in [0.2, 0.25) is 0 Å². The van der Waals surface area contributed by atoms with Gasteiger partial charge in [-0.05, 0) is 0 Å². The number of rotatable bonds is 10. The van der Waals surface area contributed by atoms with Crippen LogP contribution in [0.5, 0.6) is 0 Å². The molecule has 0 aliphatic carbocycles. The van der Waals surface area contributed by atoms with Crippen LogP contribution in [0.4, 0.5) is 0 Å². The molecule has 0 radical (unpaired) electrons. The summed E-state index contributed by atoms with van der Waals surface area (Å²) in [5.41, 5.74) is 0. The molecule has 0 aromatic carbocycles. The van der Waals surface area contributed by atoms with Crippen LogP contribution in [-0.2, 0) is 14.6 Å². The monoisotopic (exact) mass is 473 g/mol. The predicted molar refractivity (Wildman–Crippen MR) is 85.8 cm³/mol. The molecule has 0 bridgehead atoms. The van der Waals surface area contributed by atoms with Crippen LogP contribution in [0.1, 0.15) is 0 Å². The van der Waals surface area contributed by atoms with Gasteiger partial charge in [0, 0.05) is 0 Å². The fraction of sp³-hybridized carbons (Fsp3) is 1.00. The average molecular weight is 472 g/mol. The summed E-state index contributed by atoms with van der Waals surface area (Å²) in [6, 6.07) is 0. The number of aliphatic hydroxyl groups excluding tert-OH is 8. The van der Waals surface area contributed by atoms with E-state index in [4.69, 9.17) is 9.66 Å². The molecule has 26 heavy (non-hydrogen) atoms. The summed E-state index contributed by atoms with van der Waals surface area (Å²) >= 11 is -2.10. The van der Waals surface area contributed by atoms with E-state index in [1.54, 1.807) is 0 Å². The van der Waals surface area contributed by atoms with E-state index in [1.165, 1.54) is 0 Å². The van der Waals surface area contributed by atoms with Crippen LogP contribution in [0.3, 0.4) is 0 Å². The molecule has 1 unspecified atom stereocenters. The van der Waals surface area contributed by atoms with Gasteiger partial charge in [0.25, 0.3) is 0 Å². The molecule has 0 amide bonds. The zero-order valence-electron chi connectivity index (χ0n) is 13.5. The molecule has 9 atom stereocenters. The topological polar surface area (TPSA) is 225 Å². The molecule has 156 valence electrons. The molecule has 1 heterocycles. The van der Waals surface area contributed by atoms with E-state index in [1.807, 2.05) is 0 Å². The molecule has 1 aliphatic rings. The third kappa shape index (κ3) is 6.31. The molecule has 1 rings (SSSR count). The summed E-state index contributed by atoms with van der Waals surface area (Å²) < 4.78 is 35.0. The van der Waals surface area contributed by atoms with Gasteiger partial charge in [-0.1, -0.05) is 0 Å². The van der Waals surface area contributed by atoms with Crippen LogP contribution in [0.2, 0.25) is 15.5 Å². The third-order valence-corrected chi connectivity index (χ3v) is 10.4. The van der Waals surface area contributed by atoms with Crippen LogP contribution >= 0.6 is 0 Å². The Balaban J connectivity index is 2.95. The molecule has 1 aliphatic heterocycles. The molecule has 0 saturated carbocycles. The quantitative estimate of drug-likeness (QED) is 0.108. The van der Waals surface area contributed by atoms with Crippen LogP contribution < -0.4 is 0 Å². The summed E-state index contributed by atoms with van der Waals surface area (Å²) in [6.07, 6.45) is -12.4. The van der Waals surface area contributed by atoms with Crippen molar-refractivity contribution in [3.05, 3.63) is 0 Å². The van der Waals surface area contributed by atoms with E-state index >= 15 is 0 Å². The second-order valence-corrected chi connectivity index (χ2v) is 11.9. The maximum absolute atomic E-state index is 11.0. The Kier molecular flexibility index (Phi) is 9.29. The second-order valence-electron chi connectivity index (χ2n) is 5.94. The van der Waals surface area contributed by atoms with Crippen molar-refractivity contribution >= 4 is 24.3 Å². The van der Waals surface area contributed by atoms with Crippen molar-refractivity contribution in [2.75, 3.05) is 13.2 Å². The Bertz CT molecular complexity index is 532. The molecule has 0 aromatic heterocycles. The first-order valence-electron chi connectivity index (χ1n) is 7.55. The second kappa shape index (κ2) is 10.0. The summed E-state index contributed by atoms with van der Waals surface area (Å²) in [7, 11) is -5.16. The van der Waals surface area contributed by atoms with Gasteiger partial charge in [0.15, 0.2) is 0 Å². The first kappa shape index (κ1) is 24.1. The molecular formula is C12H25O12SSe+. The number of hydrogen-bond acceptors (Lipinski definition) is 11. The fourth-order valence-corrected chi connectivity index (χ4v) is 8.77. The molecule has 14 heteroatoms. The number of aliphatic hydroxyl groups is 8. The first-order chi connectivity index (χ1) is 11.9. The van der Waals surface area contributed by atoms with Gasteiger partial charge in [-0.3, -0.25) is 0 Å². The SMILES string of the molecule is O=S(=O)(O)O[C@@H]([C@H](O)[C@H](O)[C@@H](O)CO)[C@H](O)C[Se+]1C[C@@H](O)[C@H](O)[C@H]1CO. The van der Waals surface area contributed by atoms with Gasteiger partial charge in [-0.2, -0.15) is 0 Å². The first-order valence-corrected chi connectivity index (χ1v) is 12.3. The molecule has 0 spiro atoms. The van der Waals surface area contributed by atoms with Crippen molar-refractivity contribution in [1.29, 1.82) is 0 Å². The molecular weight excluding hydrogens is 447 g/mol. The molecule has 12 nitrogen and oxygen atoms in total. The van der Waals surface area contributed by atoms with Crippen LogP contribution in [0.25, 0.3) is 0 Å². The van der Waals surface area contributed by atoms with Gasteiger partial charge in [-0.25, -0.2) is 0 Å². The van der Waals surface area contributed by atoms with Gasteiger partial charge < -0.3 is 0 Å². The molecule has 1 saturated heterocycles. The van der Waals surface area contributed by atoms with Crippen molar-refractivity contribution in [2.24, 2.45) is 0 Å². The Labute approximate surface area is 154 Å². The zero-order valence-corrected chi connectivity index (χ0v) is 16.0. The summed E-state index contributed by atoms with van der Waals surface area (Å²) in [5, 5.41) is 76.7. The number of hydrogen-bond donors (Lipinski definition) is 9. The van der Waals surface area contributed by atoms with E-state index in [9.17, 15) is 44.2 Å². The fourth-order valence-electron chi connectivity index (χ4n) is 2.62. The Morgan fingerprint density at radius 2 is 1.62 bits per heavy atom. The Hall–Kier alpha value is 0.0695. The van der Waals surface area contributed by atoms with Gasteiger partial charge in [0.1, 0.15) is 0 Å². The Morgan fingerprint density at radius 1 is 1.04 bits per heavy atom. The van der Waals surface area contributed by atoms with E-state index < -0.39 is 85.1 Å². The summed E-state index contributed by atoms with van der Waals surface area (Å²) in [5.74, 6) is 0. The standard InChI is InChI=1S/C12H24O12SSe/c13-1-5(15)10(19)11(20)12(24-25(21,22)23)7(17)4-26-3-6(16)9(18)8(26)2-14/h5-20H,1-4H2/p+1/t5-,6+,7+,8+,9-,10+,11+,12+,26?/m0/s1. The van der Waals surface area contributed by atoms with E-state index in [0.29, 0.717) is 0 Å². The summed E-state index contributed by atoms with van der Waals surface area (Å²) in [4.78, 5) is -0.712. The van der Waals surface area contributed by atoms with Gasteiger partial charge in [-0.15, -0.1) is 0 Å². The average Bonchev–Trinajstić information content (AvgIpc) is 2.82. The molecule has 1 fully saturated rings. The zero-order chi connectivity index (χ0) is 20.2. The van der Waals surface area contributed by atoms with Crippen LogP contribution in [0, 0.1) is 0 Å². The van der Waals surface area contributed by atoms with Gasteiger partial charge >= 0.3 is 154 Å². The van der Waals surface area contributed by atoms with Crippen LogP contribution in [-0.4, -0.2) is 124 Å². The predicted octanol–water partition coefficient (Wildman–Crippen LogP) is -4.80. The summed E-state index contributed by atoms with van der Waals surface area (Å²) in [6.45, 7) is -1.46. The van der Waals surface area contributed by atoms with Crippen molar-refractivity contribution in [1.82, 2.24) is 0 Å². The minimum absolute atomic E-state index is 0.0833. The third-order valence-electron chi connectivity index (χ3n) is 4.03. The minimum atomic E-state index is -5.16. The van der Waals surface area contributed by atoms with Crippen molar-refractivity contribution in [3.63, 3.8) is 0 Å². The van der Waals surface area contributed by atoms with Crippen LogP contribution in [0.15, 0.2) is 0 Å². The van der Waals surface area contributed by atoms with Crippen molar-refractivity contribution < 1.29 is 58.0 Å². The van der Waals surface area contributed by atoms with Crippen molar-refractivity contribution in [3.8, 4) is 0 Å².